The normalized spacial score (nSPS) is 10.8. The maximum absolute atomic E-state index is 12.2. The summed E-state index contributed by atoms with van der Waals surface area (Å²) in [5.41, 5.74) is 2.90. The molecule has 0 aliphatic carbocycles. The van der Waals surface area contributed by atoms with Gasteiger partial charge in [0.1, 0.15) is 0 Å². The minimum atomic E-state index is -0.218. The summed E-state index contributed by atoms with van der Waals surface area (Å²) >= 11 is 2.30. The van der Waals surface area contributed by atoms with E-state index in [1.165, 1.54) is 54.9 Å². The van der Waals surface area contributed by atoms with Gasteiger partial charge >= 0.3 is 5.97 Å². The van der Waals surface area contributed by atoms with Crippen LogP contribution in [0.15, 0.2) is 48.5 Å². The number of hydrogen-bond acceptors (Lipinski definition) is 2. The van der Waals surface area contributed by atoms with Gasteiger partial charge in [-0.15, -0.1) is 0 Å². The van der Waals surface area contributed by atoms with E-state index in [0.29, 0.717) is 12.2 Å². The third-order valence-corrected chi connectivity index (χ3v) is 5.75. The first-order valence-electron chi connectivity index (χ1n) is 10.7. The van der Waals surface area contributed by atoms with Crippen LogP contribution in [0, 0.1) is 3.57 Å². The van der Waals surface area contributed by atoms with Crippen LogP contribution >= 0.6 is 22.6 Å². The highest BCUT2D eigenvalue weighted by atomic mass is 127. The molecule has 0 atom stereocenters. The maximum atomic E-state index is 12.2. The highest BCUT2D eigenvalue weighted by Crippen LogP contribution is 2.21. The lowest BCUT2D eigenvalue weighted by molar-refractivity contribution is 0.0497. The van der Waals surface area contributed by atoms with E-state index in [4.69, 9.17) is 4.74 Å². The molecule has 3 heteroatoms. The molecule has 28 heavy (non-hydrogen) atoms. The molecule has 2 rings (SSSR count). The Morgan fingerprint density at radius 3 is 1.71 bits per heavy atom. The van der Waals surface area contributed by atoms with E-state index in [-0.39, 0.29) is 5.97 Å². The molecule has 0 unspecified atom stereocenters. The molecule has 0 aliphatic rings. The molecule has 0 radical (unpaired) electrons. The number of rotatable bonds is 13. The van der Waals surface area contributed by atoms with Crippen molar-refractivity contribution < 1.29 is 9.53 Å². The van der Waals surface area contributed by atoms with E-state index in [0.717, 1.165) is 24.0 Å². The van der Waals surface area contributed by atoms with Crippen molar-refractivity contribution in [2.75, 3.05) is 6.61 Å². The van der Waals surface area contributed by atoms with Crippen molar-refractivity contribution >= 4 is 28.6 Å². The van der Waals surface area contributed by atoms with E-state index >= 15 is 0 Å². The Hall–Kier alpha value is -1.36. The van der Waals surface area contributed by atoms with Gasteiger partial charge in [0.25, 0.3) is 0 Å². The predicted molar refractivity (Wildman–Crippen MR) is 127 cm³/mol. The molecule has 2 aromatic rings. The van der Waals surface area contributed by atoms with Crippen LogP contribution in [0.3, 0.4) is 0 Å². The molecule has 0 saturated heterocycles. The third-order valence-electron chi connectivity index (χ3n) is 5.03. The summed E-state index contributed by atoms with van der Waals surface area (Å²) < 4.78 is 6.64. The second kappa shape index (κ2) is 13.8. The third kappa shape index (κ3) is 8.76. The Labute approximate surface area is 184 Å². The fourth-order valence-electron chi connectivity index (χ4n) is 3.28. The molecule has 0 heterocycles. The summed E-state index contributed by atoms with van der Waals surface area (Å²) in [5.74, 6) is -0.218. The number of ether oxygens (including phenoxy) is 1. The summed E-state index contributed by atoms with van der Waals surface area (Å²) in [6.45, 7) is 2.78. The number of hydrogen-bond donors (Lipinski definition) is 0. The Kier molecular flexibility index (Phi) is 11.3. The quantitative estimate of drug-likeness (QED) is 0.161. The van der Waals surface area contributed by atoms with Gasteiger partial charge in [0.2, 0.25) is 0 Å². The molecule has 2 nitrogen and oxygen atoms in total. The summed E-state index contributed by atoms with van der Waals surface area (Å²) in [5, 5.41) is 0. The lowest BCUT2D eigenvalue weighted by atomic mass is 10.0. The van der Waals surface area contributed by atoms with Gasteiger partial charge in [0, 0.05) is 3.57 Å². The van der Waals surface area contributed by atoms with Crippen molar-refractivity contribution in [2.45, 2.75) is 71.1 Å². The van der Waals surface area contributed by atoms with Gasteiger partial charge in [-0.1, -0.05) is 89.0 Å². The monoisotopic (exact) mass is 492 g/mol. The second-order valence-electron chi connectivity index (χ2n) is 7.40. The lowest BCUT2D eigenvalue weighted by Crippen LogP contribution is -2.06. The topological polar surface area (TPSA) is 26.3 Å². The number of halogens is 1. The minimum absolute atomic E-state index is 0.218. The van der Waals surface area contributed by atoms with Gasteiger partial charge in [-0.3, -0.25) is 0 Å². The van der Waals surface area contributed by atoms with Crippen LogP contribution in [0.5, 0.6) is 0 Å². The summed E-state index contributed by atoms with van der Waals surface area (Å²) in [6, 6.07) is 16.1. The molecular weight excluding hydrogens is 459 g/mol. The highest BCUT2D eigenvalue weighted by Gasteiger charge is 2.07. The number of benzene rings is 2. The number of unbranched alkanes of at least 4 members (excludes halogenated alkanes) is 9. The molecule has 0 N–H and O–H groups in total. The van der Waals surface area contributed by atoms with Crippen molar-refractivity contribution in [1.82, 2.24) is 0 Å². The van der Waals surface area contributed by atoms with Gasteiger partial charge in [0.05, 0.1) is 12.2 Å². The first kappa shape index (κ1) is 22.9. The van der Waals surface area contributed by atoms with E-state index < -0.39 is 0 Å². The molecule has 0 amide bonds. The van der Waals surface area contributed by atoms with E-state index in [1.807, 2.05) is 24.3 Å². The summed E-state index contributed by atoms with van der Waals surface area (Å²) in [6.07, 6.45) is 12.8. The largest absolute Gasteiger partial charge is 0.462 e. The number of esters is 1. The van der Waals surface area contributed by atoms with Crippen molar-refractivity contribution in [3.05, 3.63) is 57.7 Å². The second-order valence-corrected chi connectivity index (χ2v) is 8.65. The summed E-state index contributed by atoms with van der Waals surface area (Å²) in [7, 11) is 0. The van der Waals surface area contributed by atoms with Gasteiger partial charge in [-0.2, -0.15) is 0 Å². The average molecular weight is 492 g/mol. The Balaban J connectivity index is 1.58. The van der Waals surface area contributed by atoms with Crippen molar-refractivity contribution in [1.29, 1.82) is 0 Å². The van der Waals surface area contributed by atoms with Crippen molar-refractivity contribution in [3.8, 4) is 11.1 Å². The van der Waals surface area contributed by atoms with E-state index in [2.05, 4.69) is 53.8 Å². The Bertz CT molecular complexity index is 677. The molecule has 2 aromatic carbocycles. The molecule has 152 valence electrons. The zero-order valence-electron chi connectivity index (χ0n) is 17.1. The van der Waals surface area contributed by atoms with Crippen LogP contribution in [0.25, 0.3) is 11.1 Å². The molecule has 0 aromatic heterocycles. The maximum Gasteiger partial charge on any atom is 0.338 e. The molecule has 0 aliphatic heterocycles. The average Bonchev–Trinajstić information content (AvgIpc) is 2.72. The predicted octanol–water partition coefficient (Wildman–Crippen LogP) is 8.04. The molecule has 0 fully saturated rings. The standard InChI is InChI=1S/C25H33IO2/c1-2-3-4-5-6-7-8-9-10-11-20-28-25(27)23-14-12-21(13-15-23)22-16-18-24(26)19-17-22/h12-19H,2-11,20H2,1H3. The van der Waals surface area contributed by atoms with Crippen molar-refractivity contribution in [2.24, 2.45) is 0 Å². The number of carbonyl (C=O) groups excluding carboxylic acids is 1. The van der Waals surface area contributed by atoms with E-state index in [9.17, 15) is 4.79 Å². The molecule has 0 saturated carbocycles. The van der Waals surface area contributed by atoms with Crippen LogP contribution in [-0.4, -0.2) is 12.6 Å². The molecule has 0 bridgehead atoms. The van der Waals surface area contributed by atoms with Gasteiger partial charge in [0.15, 0.2) is 0 Å². The van der Waals surface area contributed by atoms with Crippen molar-refractivity contribution in [3.63, 3.8) is 0 Å². The smallest absolute Gasteiger partial charge is 0.338 e. The molecular formula is C25H33IO2. The van der Waals surface area contributed by atoms with Gasteiger partial charge in [-0.25, -0.2) is 4.79 Å². The van der Waals surface area contributed by atoms with Gasteiger partial charge < -0.3 is 4.74 Å². The number of carbonyl (C=O) groups is 1. The van der Waals surface area contributed by atoms with Crippen LogP contribution in [0.1, 0.15) is 81.5 Å². The SMILES string of the molecule is CCCCCCCCCCCCOC(=O)c1ccc(-c2ccc(I)cc2)cc1. The first-order chi connectivity index (χ1) is 13.7. The zero-order valence-corrected chi connectivity index (χ0v) is 19.2. The zero-order chi connectivity index (χ0) is 20.0. The van der Waals surface area contributed by atoms with Crippen LogP contribution in [-0.2, 0) is 4.74 Å². The fraction of sp³-hybridized carbons (Fsp3) is 0.480. The lowest BCUT2D eigenvalue weighted by Gasteiger charge is -2.07. The fourth-order valence-corrected chi connectivity index (χ4v) is 3.64. The van der Waals surface area contributed by atoms with Crippen LogP contribution in [0.2, 0.25) is 0 Å². The highest BCUT2D eigenvalue weighted by molar-refractivity contribution is 14.1. The van der Waals surface area contributed by atoms with Crippen LogP contribution < -0.4 is 0 Å². The summed E-state index contributed by atoms with van der Waals surface area (Å²) in [4.78, 5) is 12.2. The Morgan fingerprint density at radius 1 is 0.714 bits per heavy atom. The minimum Gasteiger partial charge on any atom is -0.462 e. The van der Waals surface area contributed by atoms with Gasteiger partial charge in [-0.05, 0) is 64.4 Å². The van der Waals surface area contributed by atoms with E-state index in [1.54, 1.807) is 0 Å². The first-order valence-corrected chi connectivity index (χ1v) is 11.8. The molecule has 0 spiro atoms. The Morgan fingerprint density at radius 2 is 1.18 bits per heavy atom. The van der Waals surface area contributed by atoms with Crippen LogP contribution in [0.4, 0.5) is 0 Å².